The molecule has 21 heavy (non-hydrogen) atoms. The zero-order valence-electron chi connectivity index (χ0n) is 11.6. The molecule has 1 aliphatic heterocycles. The van der Waals surface area contributed by atoms with Crippen LogP contribution in [0, 0.1) is 0 Å². The van der Waals surface area contributed by atoms with Crippen LogP contribution in [0.25, 0.3) is 11.0 Å². The summed E-state index contributed by atoms with van der Waals surface area (Å²) < 4.78 is 27.8. The summed E-state index contributed by atoms with van der Waals surface area (Å²) in [6.07, 6.45) is 0. The Morgan fingerprint density at radius 3 is 2.81 bits per heavy atom. The van der Waals surface area contributed by atoms with E-state index in [1.54, 1.807) is 31.2 Å². The summed E-state index contributed by atoms with van der Waals surface area (Å²) in [4.78, 5) is 17.7. The molecule has 0 aliphatic carbocycles. The van der Waals surface area contributed by atoms with E-state index in [1.165, 1.54) is 0 Å². The summed E-state index contributed by atoms with van der Waals surface area (Å²) in [7, 11) is 0. The van der Waals surface area contributed by atoms with Crippen molar-refractivity contribution >= 4 is 16.9 Å². The Labute approximate surface area is 120 Å². The van der Waals surface area contributed by atoms with Gasteiger partial charge in [0.15, 0.2) is 0 Å². The van der Waals surface area contributed by atoms with E-state index < -0.39 is 6.55 Å². The molecule has 0 radical (unpaired) electrons. The van der Waals surface area contributed by atoms with Crippen molar-refractivity contribution in [2.75, 3.05) is 19.6 Å². The first kappa shape index (κ1) is 13.9. The second kappa shape index (κ2) is 5.40. The van der Waals surface area contributed by atoms with E-state index >= 15 is 0 Å². The van der Waals surface area contributed by atoms with Crippen molar-refractivity contribution in [3.05, 3.63) is 30.1 Å². The third-order valence-corrected chi connectivity index (χ3v) is 3.81. The van der Waals surface area contributed by atoms with Crippen LogP contribution in [-0.2, 0) is 4.79 Å². The van der Waals surface area contributed by atoms with Gasteiger partial charge in [0, 0.05) is 13.1 Å². The van der Waals surface area contributed by atoms with Crippen LogP contribution in [0.3, 0.4) is 0 Å². The molecule has 1 aromatic heterocycles. The summed E-state index contributed by atoms with van der Waals surface area (Å²) in [5.74, 6) is 0.203. The van der Waals surface area contributed by atoms with Gasteiger partial charge in [-0.05, 0) is 19.1 Å². The van der Waals surface area contributed by atoms with Crippen LogP contribution >= 0.6 is 0 Å². The average Bonchev–Trinajstić information content (AvgIpc) is 2.85. The standard InChI is InChI=1S/C14H16F2N4O/c1-9(19-7-6-17-12(21)8-19)13-18-10-4-2-3-5-11(10)20(13)14(15)16/h2-5,9,14H,6-8H2,1H3,(H,17,21)/t9-/m0/s1. The quantitative estimate of drug-likeness (QED) is 0.941. The van der Waals surface area contributed by atoms with Crippen LogP contribution in [0.1, 0.15) is 25.3 Å². The number of benzene rings is 1. The first-order chi connectivity index (χ1) is 10.1. The molecule has 1 fully saturated rings. The van der Waals surface area contributed by atoms with Gasteiger partial charge in [-0.25, -0.2) is 4.98 Å². The molecular weight excluding hydrogens is 278 g/mol. The maximum Gasteiger partial charge on any atom is 0.320 e. The molecule has 3 rings (SSSR count). The summed E-state index contributed by atoms with van der Waals surface area (Å²) in [6, 6.07) is 6.48. The third-order valence-electron chi connectivity index (χ3n) is 3.81. The van der Waals surface area contributed by atoms with E-state index in [-0.39, 0.29) is 18.5 Å². The second-order valence-electron chi connectivity index (χ2n) is 5.10. The fraction of sp³-hybridized carbons (Fsp3) is 0.429. The molecule has 0 unspecified atom stereocenters. The number of aromatic nitrogens is 2. The number of hydrogen-bond acceptors (Lipinski definition) is 3. The molecule has 1 aliphatic rings. The SMILES string of the molecule is C[C@@H](c1nc2ccccc2n1C(F)F)N1CCNC(=O)C1. The third kappa shape index (κ3) is 2.49. The fourth-order valence-corrected chi connectivity index (χ4v) is 2.72. The predicted molar refractivity (Wildman–Crippen MR) is 74.0 cm³/mol. The monoisotopic (exact) mass is 294 g/mol. The number of alkyl halides is 2. The number of rotatable bonds is 3. The first-order valence-electron chi connectivity index (χ1n) is 6.83. The Hall–Kier alpha value is -2.02. The molecule has 2 heterocycles. The van der Waals surface area contributed by atoms with Crippen LogP contribution in [0.4, 0.5) is 8.78 Å². The minimum absolute atomic E-state index is 0.0900. The minimum atomic E-state index is -2.66. The molecule has 1 aromatic carbocycles. The van der Waals surface area contributed by atoms with Gasteiger partial charge in [0.05, 0.1) is 23.6 Å². The molecule has 0 spiro atoms. The zero-order chi connectivity index (χ0) is 15.0. The number of hydrogen-bond donors (Lipinski definition) is 1. The van der Waals surface area contributed by atoms with Crippen LogP contribution in [0.5, 0.6) is 0 Å². The largest absolute Gasteiger partial charge is 0.354 e. The zero-order valence-corrected chi connectivity index (χ0v) is 11.6. The van der Waals surface area contributed by atoms with Gasteiger partial charge in [-0.3, -0.25) is 14.3 Å². The number of fused-ring (bicyclic) bond motifs is 1. The molecular formula is C14H16F2N4O. The van der Waals surface area contributed by atoms with E-state index in [2.05, 4.69) is 10.3 Å². The van der Waals surface area contributed by atoms with Crippen LogP contribution in [-0.4, -0.2) is 40.0 Å². The molecule has 1 atom stereocenters. The maximum atomic E-state index is 13.4. The van der Waals surface area contributed by atoms with E-state index in [4.69, 9.17) is 0 Å². The Morgan fingerprint density at radius 2 is 2.10 bits per heavy atom. The van der Waals surface area contributed by atoms with Crippen molar-refractivity contribution in [1.82, 2.24) is 19.8 Å². The van der Waals surface area contributed by atoms with Gasteiger partial charge in [-0.2, -0.15) is 8.78 Å². The lowest BCUT2D eigenvalue weighted by Crippen LogP contribution is -2.48. The smallest absolute Gasteiger partial charge is 0.320 e. The van der Waals surface area contributed by atoms with Crippen molar-refractivity contribution in [2.45, 2.75) is 19.5 Å². The highest BCUT2D eigenvalue weighted by atomic mass is 19.3. The molecule has 1 saturated heterocycles. The number of carbonyl (C=O) groups excluding carboxylic acids is 1. The lowest BCUT2D eigenvalue weighted by molar-refractivity contribution is -0.124. The Balaban J connectivity index is 2.02. The van der Waals surface area contributed by atoms with Crippen molar-refractivity contribution in [3.63, 3.8) is 0 Å². The lowest BCUT2D eigenvalue weighted by atomic mass is 10.2. The predicted octanol–water partition coefficient (Wildman–Crippen LogP) is 1.92. The van der Waals surface area contributed by atoms with Crippen LogP contribution < -0.4 is 5.32 Å². The van der Waals surface area contributed by atoms with Gasteiger partial charge in [-0.15, -0.1) is 0 Å². The van der Waals surface area contributed by atoms with Gasteiger partial charge in [0.25, 0.3) is 0 Å². The number of amides is 1. The molecule has 2 aromatic rings. The summed E-state index contributed by atoms with van der Waals surface area (Å²) in [5, 5.41) is 2.73. The normalized spacial score (nSPS) is 18.2. The molecule has 0 saturated carbocycles. The Kier molecular flexibility index (Phi) is 3.59. The highest BCUT2D eigenvalue weighted by Crippen LogP contribution is 2.29. The van der Waals surface area contributed by atoms with Gasteiger partial charge >= 0.3 is 6.55 Å². The van der Waals surface area contributed by atoms with Gasteiger partial charge in [0.2, 0.25) is 5.91 Å². The second-order valence-corrected chi connectivity index (χ2v) is 5.10. The maximum absolute atomic E-state index is 13.4. The fourth-order valence-electron chi connectivity index (χ4n) is 2.72. The molecule has 0 bridgehead atoms. The average molecular weight is 294 g/mol. The van der Waals surface area contributed by atoms with Gasteiger partial charge in [-0.1, -0.05) is 12.1 Å². The van der Waals surface area contributed by atoms with Crippen molar-refractivity contribution in [2.24, 2.45) is 0 Å². The first-order valence-corrected chi connectivity index (χ1v) is 6.83. The summed E-state index contributed by atoms with van der Waals surface area (Å²) >= 11 is 0. The molecule has 112 valence electrons. The number of imidazole rings is 1. The topological polar surface area (TPSA) is 50.2 Å². The summed E-state index contributed by atoms with van der Waals surface area (Å²) in [5.41, 5.74) is 0.955. The molecule has 7 heteroatoms. The number of carbonyl (C=O) groups is 1. The highest BCUT2D eigenvalue weighted by Gasteiger charge is 2.28. The number of nitrogens with zero attached hydrogens (tertiary/aromatic N) is 3. The number of halogens is 2. The van der Waals surface area contributed by atoms with E-state index in [0.29, 0.717) is 29.9 Å². The van der Waals surface area contributed by atoms with Crippen molar-refractivity contribution in [1.29, 1.82) is 0 Å². The van der Waals surface area contributed by atoms with Crippen LogP contribution in [0.2, 0.25) is 0 Å². The minimum Gasteiger partial charge on any atom is -0.354 e. The van der Waals surface area contributed by atoms with E-state index in [9.17, 15) is 13.6 Å². The molecule has 1 N–H and O–H groups in total. The van der Waals surface area contributed by atoms with Gasteiger partial charge < -0.3 is 5.32 Å². The summed E-state index contributed by atoms with van der Waals surface area (Å²) in [6.45, 7) is 0.498. The van der Waals surface area contributed by atoms with Crippen molar-refractivity contribution in [3.8, 4) is 0 Å². The molecule has 1 amide bonds. The molecule has 5 nitrogen and oxygen atoms in total. The van der Waals surface area contributed by atoms with Gasteiger partial charge in [0.1, 0.15) is 5.82 Å². The van der Waals surface area contributed by atoms with E-state index in [1.807, 2.05) is 4.90 Å². The highest BCUT2D eigenvalue weighted by molar-refractivity contribution is 5.79. The van der Waals surface area contributed by atoms with E-state index in [0.717, 1.165) is 4.57 Å². The lowest BCUT2D eigenvalue weighted by Gasteiger charge is -2.31. The van der Waals surface area contributed by atoms with Crippen molar-refractivity contribution < 1.29 is 13.6 Å². The number of piperazine rings is 1. The number of nitrogens with one attached hydrogen (secondary N) is 1. The van der Waals surface area contributed by atoms with Crippen LogP contribution in [0.15, 0.2) is 24.3 Å². The number of para-hydroxylation sites is 2. The Bertz CT molecular complexity index is 670. The Morgan fingerprint density at radius 1 is 1.33 bits per heavy atom.